The molecule has 0 saturated carbocycles. The zero-order valence-electron chi connectivity index (χ0n) is 10.1. The predicted molar refractivity (Wildman–Crippen MR) is 68.6 cm³/mol. The summed E-state index contributed by atoms with van der Waals surface area (Å²) in [6, 6.07) is 9.64. The average molecular weight is 241 g/mol. The highest BCUT2D eigenvalue weighted by atomic mass is 16.3. The molecule has 0 atom stereocenters. The van der Waals surface area contributed by atoms with Crippen LogP contribution in [-0.4, -0.2) is 12.3 Å². The van der Waals surface area contributed by atoms with Crippen LogP contribution in [-0.2, 0) is 19.4 Å². The molecule has 0 radical (unpaired) electrons. The predicted octanol–water partition coefficient (Wildman–Crippen LogP) is 2.35. The lowest BCUT2D eigenvalue weighted by molar-refractivity contribution is 0.0987. The van der Waals surface area contributed by atoms with Gasteiger partial charge in [0, 0.05) is 12.1 Å². The van der Waals surface area contributed by atoms with E-state index in [1.165, 1.54) is 11.1 Å². The van der Waals surface area contributed by atoms with Crippen molar-refractivity contribution in [2.75, 3.05) is 6.54 Å². The lowest BCUT2D eigenvalue weighted by atomic mass is 9.96. The second kappa shape index (κ2) is 4.78. The normalized spacial score (nSPS) is 14.2. The van der Waals surface area contributed by atoms with Crippen LogP contribution >= 0.6 is 0 Å². The van der Waals surface area contributed by atoms with Gasteiger partial charge in [-0.1, -0.05) is 12.1 Å². The molecule has 0 aliphatic carbocycles. The van der Waals surface area contributed by atoms with Crippen LogP contribution in [0.3, 0.4) is 0 Å². The van der Waals surface area contributed by atoms with Gasteiger partial charge < -0.3 is 9.73 Å². The molecule has 3 heteroatoms. The summed E-state index contributed by atoms with van der Waals surface area (Å²) in [6.07, 6.45) is 2.97. The zero-order chi connectivity index (χ0) is 12.4. The number of benzene rings is 1. The van der Waals surface area contributed by atoms with Crippen molar-refractivity contribution in [2.45, 2.75) is 19.4 Å². The topological polar surface area (TPSA) is 42.2 Å². The van der Waals surface area contributed by atoms with Gasteiger partial charge in [0.2, 0.25) is 0 Å². The molecule has 1 aliphatic rings. The molecule has 0 amide bonds. The molecule has 0 fully saturated rings. The highest BCUT2D eigenvalue weighted by Crippen LogP contribution is 2.17. The van der Waals surface area contributed by atoms with Crippen molar-refractivity contribution in [1.82, 2.24) is 5.32 Å². The molecule has 2 heterocycles. The van der Waals surface area contributed by atoms with Crippen molar-refractivity contribution in [3.05, 3.63) is 59.0 Å². The number of ketones is 1. The maximum Gasteiger partial charge on any atom is 0.170 e. The van der Waals surface area contributed by atoms with Crippen LogP contribution in [0.25, 0.3) is 0 Å². The van der Waals surface area contributed by atoms with Crippen molar-refractivity contribution in [2.24, 2.45) is 0 Å². The Hall–Kier alpha value is -1.87. The number of furan rings is 1. The molecular formula is C15H15NO2. The van der Waals surface area contributed by atoms with Gasteiger partial charge in [-0.25, -0.2) is 0 Å². The third-order valence-electron chi connectivity index (χ3n) is 3.33. The van der Waals surface area contributed by atoms with Crippen LogP contribution in [0.4, 0.5) is 0 Å². The summed E-state index contributed by atoms with van der Waals surface area (Å²) in [7, 11) is 0. The number of hydrogen-bond donors (Lipinski definition) is 1. The molecule has 0 spiro atoms. The Labute approximate surface area is 106 Å². The van der Waals surface area contributed by atoms with E-state index < -0.39 is 0 Å². The Morgan fingerprint density at radius 3 is 3.06 bits per heavy atom. The van der Waals surface area contributed by atoms with Crippen molar-refractivity contribution < 1.29 is 9.21 Å². The van der Waals surface area contributed by atoms with Crippen molar-refractivity contribution in [3.63, 3.8) is 0 Å². The smallest absolute Gasteiger partial charge is 0.170 e. The van der Waals surface area contributed by atoms with E-state index in [2.05, 4.69) is 11.4 Å². The molecule has 0 bridgehead atoms. The third-order valence-corrected chi connectivity index (χ3v) is 3.33. The lowest BCUT2D eigenvalue weighted by Crippen LogP contribution is -2.23. The molecular weight excluding hydrogens is 226 g/mol. The van der Waals surface area contributed by atoms with Crippen LogP contribution in [0.1, 0.15) is 27.2 Å². The van der Waals surface area contributed by atoms with Crippen LogP contribution in [0, 0.1) is 0 Å². The summed E-state index contributed by atoms with van der Waals surface area (Å²) in [5, 5.41) is 3.32. The first kappa shape index (κ1) is 11.2. The largest absolute Gasteiger partial charge is 0.469 e. The standard InChI is InChI=1S/C15H15NO2/c17-15(9-14-2-1-7-18-14)12-4-3-11-5-6-16-10-13(11)8-12/h1-4,7-8,16H,5-6,9-10H2. The summed E-state index contributed by atoms with van der Waals surface area (Å²) in [5.41, 5.74) is 3.36. The maximum absolute atomic E-state index is 12.1. The lowest BCUT2D eigenvalue weighted by Gasteiger charge is -2.17. The van der Waals surface area contributed by atoms with Gasteiger partial charge in [-0.15, -0.1) is 0 Å². The number of Topliss-reactive ketones (excluding diaryl/α,β-unsaturated/α-hetero) is 1. The number of nitrogens with one attached hydrogen (secondary N) is 1. The number of hydrogen-bond acceptors (Lipinski definition) is 3. The summed E-state index contributed by atoms with van der Waals surface area (Å²) in [6.45, 7) is 1.88. The number of fused-ring (bicyclic) bond motifs is 1. The molecule has 1 aromatic heterocycles. The van der Waals surface area contributed by atoms with Crippen LogP contribution < -0.4 is 5.32 Å². The second-order valence-electron chi connectivity index (χ2n) is 4.59. The van der Waals surface area contributed by atoms with Gasteiger partial charge in [-0.3, -0.25) is 4.79 Å². The summed E-state index contributed by atoms with van der Waals surface area (Å²) in [5.74, 6) is 0.828. The summed E-state index contributed by atoms with van der Waals surface area (Å²) in [4.78, 5) is 12.1. The Balaban J connectivity index is 1.81. The maximum atomic E-state index is 12.1. The molecule has 18 heavy (non-hydrogen) atoms. The van der Waals surface area contributed by atoms with Crippen LogP contribution in [0.5, 0.6) is 0 Å². The Morgan fingerprint density at radius 2 is 2.22 bits per heavy atom. The van der Waals surface area contributed by atoms with E-state index in [-0.39, 0.29) is 5.78 Å². The van der Waals surface area contributed by atoms with Crippen molar-refractivity contribution in [3.8, 4) is 0 Å². The molecule has 3 nitrogen and oxygen atoms in total. The SMILES string of the molecule is O=C(Cc1ccco1)c1ccc2c(c1)CNCC2. The zero-order valence-corrected chi connectivity index (χ0v) is 10.1. The molecule has 3 rings (SSSR count). The second-order valence-corrected chi connectivity index (χ2v) is 4.59. The van der Waals surface area contributed by atoms with Gasteiger partial charge in [0.15, 0.2) is 5.78 Å². The minimum atomic E-state index is 0.110. The highest BCUT2D eigenvalue weighted by Gasteiger charge is 2.13. The van der Waals surface area contributed by atoms with Crippen LogP contribution in [0.15, 0.2) is 41.0 Å². The molecule has 0 saturated heterocycles. The first-order chi connectivity index (χ1) is 8.83. The third kappa shape index (κ3) is 2.22. The first-order valence-corrected chi connectivity index (χ1v) is 6.21. The van der Waals surface area contributed by atoms with Gasteiger partial charge in [0.05, 0.1) is 12.7 Å². The van der Waals surface area contributed by atoms with E-state index in [0.29, 0.717) is 6.42 Å². The number of carbonyl (C=O) groups is 1. The Bertz CT molecular complexity index is 558. The van der Waals surface area contributed by atoms with E-state index in [1.807, 2.05) is 18.2 Å². The minimum absolute atomic E-state index is 0.110. The highest BCUT2D eigenvalue weighted by molar-refractivity contribution is 5.97. The molecule has 1 aliphatic heterocycles. The molecule has 2 aromatic rings. The van der Waals surface area contributed by atoms with Gasteiger partial charge in [-0.2, -0.15) is 0 Å². The fraction of sp³-hybridized carbons (Fsp3) is 0.267. The fourth-order valence-corrected chi connectivity index (χ4v) is 2.33. The fourth-order valence-electron chi connectivity index (χ4n) is 2.33. The van der Waals surface area contributed by atoms with Gasteiger partial charge >= 0.3 is 0 Å². The minimum Gasteiger partial charge on any atom is -0.469 e. The van der Waals surface area contributed by atoms with Gasteiger partial charge in [0.1, 0.15) is 5.76 Å². The van der Waals surface area contributed by atoms with E-state index in [9.17, 15) is 4.79 Å². The van der Waals surface area contributed by atoms with Gasteiger partial charge in [0.25, 0.3) is 0 Å². The molecule has 0 unspecified atom stereocenters. The van der Waals surface area contributed by atoms with Crippen LogP contribution in [0.2, 0.25) is 0 Å². The molecule has 92 valence electrons. The monoisotopic (exact) mass is 241 g/mol. The Morgan fingerprint density at radius 1 is 1.28 bits per heavy atom. The summed E-state index contributed by atoms with van der Waals surface area (Å²) >= 11 is 0. The molecule has 1 aromatic carbocycles. The summed E-state index contributed by atoms with van der Waals surface area (Å²) < 4.78 is 5.21. The van der Waals surface area contributed by atoms with E-state index in [4.69, 9.17) is 4.42 Å². The average Bonchev–Trinajstić information content (AvgIpc) is 2.91. The molecule has 1 N–H and O–H groups in total. The van der Waals surface area contributed by atoms with E-state index in [0.717, 1.165) is 30.8 Å². The quantitative estimate of drug-likeness (QED) is 0.839. The Kier molecular flexibility index (Phi) is 2.99. The number of carbonyl (C=O) groups excluding carboxylic acids is 1. The van der Waals surface area contributed by atoms with Gasteiger partial charge in [-0.05, 0) is 42.3 Å². The van der Waals surface area contributed by atoms with E-state index in [1.54, 1.807) is 12.3 Å². The number of rotatable bonds is 3. The van der Waals surface area contributed by atoms with Crippen molar-refractivity contribution >= 4 is 5.78 Å². The van der Waals surface area contributed by atoms with E-state index >= 15 is 0 Å². The first-order valence-electron chi connectivity index (χ1n) is 6.21. The van der Waals surface area contributed by atoms with Crippen molar-refractivity contribution in [1.29, 1.82) is 0 Å².